The van der Waals surface area contributed by atoms with Crippen LogP contribution in [0, 0.1) is 0 Å². The number of carbonyl (C=O) groups is 2. The number of hydrogen-bond acceptors (Lipinski definition) is 3. The van der Waals surface area contributed by atoms with E-state index in [-0.39, 0.29) is 11.9 Å². The van der Waals surface area contributed by atoms with E-state index in [1.165, 1.54) is 0 Å². The monoisotopic (exact) mass is 255 g/mol. The second kappa shape index (κ2) is 6.58. The first-order chi connectivity index (χ1) is 8.77. The molecule has 0 saturated carbocycles. The Hall–Kier alpha value is -1.30. The number of urea groups is 1. The van der Waals surface area contributed by atoms with Gasteiger partial charge in [-0.2, -0.15) is 0 Å². The summed E-state index contributed by atoms with van der Waals surface area (Å²) in [4.78, 5) is 27.1. The van der Waals surface area contributed by atoms with Gasteiger partial charge in [0.25, 0.3) is 0 Å². The van der Waals surface area contributed by atoms with Gasteiger partial charge in [0, 0.05) is 39.1 Å². The van der Waals surface area contributed by atoms with Crippen molar-refractivity contribution in [3.63, 3.8) is 0 Å². The first-order valence-electron chi connectivity index (χ1n) is 6.65. The van der Waals surface area contributed by atoms with Gasteiger partial charge in [0.15, 0.2) is 0 Å². The van der Waals surface area contributed by atoms with Crippen molar-refractivity contribution < 1.29 is 14.3 Å². The number of rotatable bonds is 3. The first-order valence-corrected chi connectivity index (χ1v) is 6.65. The Balaban J connectivity index is 1.62. The summed E-state index contributed by atoms with van der Waals surface area (Å²) in [6.07, 6.45) is 2.60. The molecule has 6 heteroatoms. The van der Waals surface area contributed by atoms with Crippen LogP contribution in [-0.2, 0) is 9.53 Å². The van der Waals surface area contributed by atoms with Crippen molar-refractivity contribution >= 4 is 11.9 Å². The van der Waals surface area contributed by atoms with Crippen LogP contribution in [0.4, 0.5) is 4.79 Å². The van der Waals surface area contributed by atoms with Crippen LogP contribution in [0.15, 0.2) is 0 Å². The van der Waals surface area contributed by atoms with Crippen LogP contribution in [0.25, 0.3) is 0 Å². The summed E-state index contributed by atoms with van der Waals surface area (Å²) in [7, 11) is 0. The minimum Gasteiger partial charge on any atom is -0.378 e. The maximum atomic E-state index is 11.7. The average Bonchev–Trinajstić information content (AvgIpc) is 2.93. The molecule has 102 valence electrons. The zero-order chi connectivity index (χ0) is 12.8. The van der Waals surface area contributed by atoms with E-state index in [1.807, 2.05) is 4.90 Å². The smallest absolute Gasteiger partial charge is 0.317 e. The molecular weight excluding hydrogens is 234 g/mol. The molecule has 0 unspecified atom stereocenters. The zero-order valence-electron chi connectivity index (χ0n) is 10.7. The maximum Gasteiger partial charge on any atom is 0.317 e. The highest BCUT2D eigenvalue weighted by Gasteiger charge is 2.19. The minimum atomic E-state index is -0.0903. The summed E-state index contributed by atoms with van der Waals surface area (Å²) in [5.41, 5.74) is 0. The van der Waals surface area contributed by atoms with Gasteiger partial charge in [-0.3, -0.25) is 4.79 Å². The van der Waals surface area contributed by atoms with E-state index >= 15 is 0 Å². The Morgan fingerprint density at radius 2 is 1.67 bits per heavy atom. The third kappa shape index (κ3) is 3.60. The van der Waals surface area contributed by atoms with Crippen LogP contribution in [-0.4, -0.2) is 67.7 Å². The summed E-state index contributed by atoms with van der Waals surface area (Å²) < 4.78 is 5.18. The Morgan fingerprint density at radius 1 is 1.00 bits per heavy atom. The molecule has 2 aliphatic rings. The zero-order valence-corrected chi connectivity index (χ0v) is 10.7. The Bertz CT molecular complexity index is 297. The highest BCUT2D eigenvalue weighted by Crippen LogP contribution is 2.08. The third-order valence-electron chi connectivity index (χ3n) is 3.37. The van der Waals surface area contributed by atoms with Crippen molar-refractivity contribution in [3.05, 3.63) is 0 Å². The molecular formula is C12H21N3O3. The van der Waals surface area contributed by atoms with Crippen LogP contribution in [0.2, 0.25) is 0 Å². The molecule has 0 aromatic heterocycles. The number of ether oxygens (including phenoxy) is 1. The summed E-state index contributed by atoms with van der Waals surface area (Å²) in [5.74, 6) is 0.148. The second-order valence-corrected chi connectivity index (χ2v) is 4.67. The van der Waals surface area contributed by atoms with Crippen molar-refractivity contribution in [2.75, 3.05) is 45.9 Å². The maximum absolute atomic E-state index is 11.7. The molecule has 1 N–H and O–H groups in total. The number of carbonyl (C=O) groups excluding carboxylic acids is 2. The van der Waals surface area contributed by atoms with Crippen molar-refractivity contribution in [1.82, 2.24) is 15.1 Å². The van der Waals surface area contributed by atoms with E-state index in [1.54, 1.807) is 4.90 Å². The predicted molar refractivity (Wildman–Crippen MR) is 66.2 cm³/mol. The second-order valence-electron chi connectivity index (χ2n) is 4.67. The molecule has 0 aromatic carbocycles. The Kier molecular flexibility index (Phi) is 4.81. The standard InChI is InChI=1S/C12H21N3O3/c16-11(14-5-1-2-6-14)3-4-13-12(17)15-7-9-18-10-8-15/h1-10H2,(H,13,17). The van der Waals surface area contributed by atoms with E-state index in [0.717, 1.165) is 25.9 Å². The van der Waals surface area contributed by atoms with E-state index < -0.39 is 0 Å². The van der Waals surface area contributed by atoms with Crippen LogP contribution < -0.4 is 5.32 Å². The molecule has 0 spiro atoms. The van der Waals surface area contributed by atoms with Crippen LogP contribution in [0.1, 0.15) is 19.3 Å². The SMILES string of the molecule is O=C(CCNC(=O)N1CCOCC1)N1CCCC1. The van der Waals surface area contributed by atoms with E-state index in [0.29, 0.717) is 39.3 Å². The fourth-order valence-corrected chi connectivity index (χ4v) is 2.28. The number of nitrogens with one attached hydrogen (secondary N) is 1. The van der Waals surface area contributed by atoms with Gasteiger partial charge in [-0.1, -0.05) is 0 Å². The quantitative estimate of drug-likeness (QED) is 0.774. The van der Waals surface area contributed by atoms with E-state index in [2.05, 4.69) is 5.32 Å². The first kappa shape index (κ1) is 13.1. The topological polar surface area (TPSA) is 61.9 Å². The van der Waals surface area contributed by atoms with Gasteiger partial charge in [0.1, 0.15) is 0 Å². The lowest BCUT2D eigenvalue weighted by Crippen LogP contribution is -2.46. The van der Waals surface area contributed by atoms with E-state index in [4.69, 9.17) is 4.74 Å². The lowest BCUT2D eigenvalue weighted by molar-refractivity contribution is -0.129. The summed E-state index contributed by atoms with van der Waals surface area (Å²) in [6.45, 7) is 4.62. The molecule has 3 amide bonds. The number of morpholine rings is 1. The summed E-state index contributed by atoms with van der Waals surface area (Å²) in [5, 5.41) is 2.79. The van der Waals surface area contributed by atoms with Crippen molar-refractivity contribution in [3.8, 4) is 0 Å². The molecule has 0 atom stereocenters. The third-order valence-corrected chi connectivity index (χ3v) is 3.37. The summed E-state index contributed by atoms with van der Waals surface area (Å²) >= 11 is 0. The number of likely N-dealkylation sites (tertiary alicyclic amines) is 1. The molecule has 18 heavy (non-hydrogen) atoms. The molecule has 2 heterocycles. The lowest BCUT2D eigenvalue weighted by atomic mass is 10.3. The number of hydrogen-bond donors (Lipinski definition) is 1. The van der Waals surface area contributed by atoms with Crippen molar-refractivity contribution in [2.45, 2.75) is 19.3 Å². The Morgan fingerprint density at radius 3 is 2.33 bits per heavy atom. The van der Waals surface area contributed by atoms with Crippen LogP contribution in [0.5, 0.6) is 0 Å². The van der Waals surface area contributed by atoms with Crippen molar-refractivity contribution in [1.29, 1.82) is 0 Å². The Labute approximate surface area is 107 Å². The average molecular weight is 255 g/mol. The van der Waals surface area contributed by atoms with Gasteiger partial charge in [-0.15, -0.1) is 0 Å². The highest BCUT2D eigenvalue weighted by molar-refractivity contribution is 5.78. The molecule has 2 aliphatic heterocycles. The van der Waals surface area contributed by atoms with E-state index in [9.17, 15) is 9.59 Å². The number of nitrogens with zero attached hydrogens (tertiary/aromatic N) is 2. The minimum absolute atomic E-state index is 0.0903. The lowest BCUT2D eigenvalue weighted by Gasteiger charge is -2.27. The molecule has 0 aliphatic carbocycles. The highest BCUT2D eigenvalue weighted by atomic mass is 16.5. The van der Waals surface area contributed by atoms with Gasteiger partial charge >= 0.3 is 6.03 Å². The fourth-order valence-electron chi connectivity index (χ4n) is 2.28. The summed E-state index contributed by atoms with van der Waals surface area (Å²) in [6, 6.07) is -0.0903. The largest absolute Gasteiger partial charge is 0.378 e. The van der Waals surface area contributed by atoms with Crippen molar-refractivity contribution in [2.24, 2.45) is 0 Å². The van der Waals surface area contributed by atoms with Crippen LogP contribution in [0.3, 0.4) is 0 Å². The van der Waals surface area contributed by atoms with Crippen LogP contribution >= 0.6 is 0 Å². The van der Waals surface area contributed by atoms with Gasteiger partial charge in [-0.05, 0) is 12.8 Å². The van der Waals surface area contributed by atoms with Gasteiger partial charge in [0.05, 0.1) is 13.2 Å². The van der Waals surface area contributed by atoms with Gasteiger partial charge < -0.3 is 19.9 Å². The molecule has 0 bridgehead atoms. The normalized spacial score (nSPS) is 20.0. The number of amides is 3. The van der Waals surface area contributed by atoms with Gasteiger partial charge in [-0.25, -0.2) is 4.79 Å². The predicted octanol–water partition coefficient (Wildman–Crippen LogP) is 0.0407. The molecule has 2 rings (SSSR count). The fraction of sp³-hybridized carbons (Fsp3) is 0.833. The molecule has 2 saturated heterocycles. The molecule has 0 aromatic rings. The molecule has 6 nitrogen and oxygen atoms in total. The molecule has 0 radical (unpaired) electrons. The molecule has 2 fully saturated rings. The van der Waals surface area contributed by atoms with Gasteiger partial charge in [0.2, 0.25) is 5.91 Å².